The van der Waals surface area contributed by atoms with Crippen molar-refractivity contribution in [3.05, 3.63) is 66.4 Å². The van der Waals surface area contributed by atoms with E-state index in [0.717, 1.165) is 43.1 Å². The van der Waals surface area contributed by atoms with E-state index in [9.17, 15) is 9.59 Å². The fourth-order valence-corrected chi connectivity index (χ4v) is 5.35. The Hall–Kier alpha value is -3.32. The van der Waals surface area contributed by atoms with Crippen LogP contribution in [-0.4, -0.2) is 71.7 Å². The Morgan fingerprint density at radius 3 is 2.51 bits per heavy atom. The van der Waals surface area contributed by atoms with Crippen molar-refractivity contribution in [3.63, 3.8) is 0 Å². The van der Waals surface area contributed by atoms with Gasteiger partial charge < -0.3 is 23.8 Å². The number of benzene rings is 2. The van der Waals surface area contributed by atoms with Crippen molar-refractivity contribution >= 4 is 22.7 Å². The van der Waals surface area contributed by atoms with Gasteiger partial charge in [-0.1, -0.05) is 56.0 Å². The monoisotopic (exact) mass is 503 g/mol. The fraction of sp³-hybridized carbons (Fsp3) is 0.467. The molecule has 1 aromatic heterocycles. The molecular formula is C30H37N3O4. The van der Waals surface area contributed by atoms with Crippen molar-refractivity contribution in [1.82, 2.24) is 14.4 Å². The lowest BCUT2D eigenvalue weighted by Gasteiger charge is -2.24. The second-order valence-corrected chi connectivity index (χ2v) is 10.2. The Labute approximate surface area is 218 Å². The van der Waals surface area contributed by atoms with Crippen LogP contribution in [0.4, 0.5) is 0 Å². The molecule has 0 saturated carbocycles. The van der Waals surface area contributed by atoms with Gasteiger partial charge in [0.05, 0.1) is 18.7 Å². The van der Waals surface area contributed by atoms with Gasteiger partial charge in [-0.3, -0.25) is 9.59 Å². The molecule has 3 aromatic rings. The summed E-state index contributed by atoms with van der Waals surface area (Å²) in [5.41, 5.74) is 1.60. The number of likely N-dealkylation sites (tertiary alicyclic amines) is 1. The van der Waals surface area contributed by atoms with E-state index in [1.807, 2.05) is 71.2 Å². The number of carbonyl (C=O) groups is 2. The van der Waals surface area contributed by atoms with Crippen molar-refractivity contribution in [2.45, 2.75) is 57.3 Å². The van der Waals surface area contributed by atoms with E-state index in [-0.39, 0.29) is 30.6 Å². The van der Waals surface area contributed by atoms with Gasteiger partial charge in [-0.2, -0.15) is 0 Å². The first-order chi connectivity index (χ1) is 18.1. The second-order valence-electron chi connectivity index (χ2n) is 10.2. The summed E-state index contributed by atoms with van der Waals surface area (Å²) < 4.78 is 14.7. The number of aromatic nitrogens is 1. The maximum atomic E-state index is 13.4. The summed E-state index contributed by atoms with van der Waals surface area (Å²) in [4.78, 5) is 30.2. The third kappa shape index (κ3) is 5.99. The van der Waals surface area contributed by atoms with Gasteiger partial charge in [0.1, 0.15) is 24.5 Å². The van der Waals surface area contributed by atoms with E-state index in [4.69, 9.17) is 9.47 Å². The molecule has 0 spiro atoms. The minimum atomic E-state index is -0.336. The topological polar surface area (TPSA) is 64.0 Å². The highest BCUT2D eigenvalue weighted by atomic mass is 16.5. The maximum absolute atomic E-state index is 13.4. The van der Waals surface area contributed by atoms with Crippen LogP contribution in [0.3, 0.4) is 0 Å². The number of amides is 2. The summed E-state index contributed by atoms with van der Waals surface area (Å²) in [5, 5.41) is 1.12. The number of para-hydroxylation sites is 2. The van der Waals surface area contributed by atoms with Gasteiger partial charge in [-0.15, -0.1) is 0 Å². The first kappa shape index (κ1) is 25.3. The zero-order valence-corrected chi connectivity index (χ0v) is 21.7. The lowest BCUT2D eigenvalue weighted by molar-refractivity contribution is -0.131. The van der Waals surface area contributed by atoms with Crippen molar-refractivity contribution in [1.29, 1.82) is 0 Å². The molecule has 0 unspecified atom stereocenters. The van der Waals surface area contributed by atoms with Crippen molar-refractivity contribution in [2.24, 2.45) is 0 Å². The number of hydrogen-bond donors (Lipinski definition) is 0. The molecule has 0 aliphatic carbocycles. The van der Waals surface area contributed by atoms with E-state index >= 15 is 0 Å². The standard InChI is InChI=1S/C30H37N3O4/c1-31-17-10-4-2-3-5-11-19-36-27-20-33(21-28(27)37-26-15-9-7-13-24(26)30(31)35)29(34)22-32-18-16-23-12-6-8-14-25(23)32/h6-9,12-16,18,27-28H,2-5,10-11,17,19-22H2,1H3/t27-,28-/m1/s1. The van der Waals surface area contributed by atoms with E-state index in [1.165, 1.54) is 12.8 Å². The van der Waals surface area contributed by atoms with Gasteiger partial charge >= 0.3 is 0 Å². The van der Waals surface area contributed by atoms with E-state index < -0.39 is 0 Å². The molecule has 0 radical (unpaired) electrons. The van der Waals surface area contributed by atoms with Crippen molar-refractivity contribution in [3.8, 4) is 5.75 Å². The number of carbonyl (C=O) groups excluding carboxylic acids is 2. The van der Waals surface area contributed by atoms with Crippen LogP contribution in [0.2, 0.25) is 0 Å². The minimum absolute atomic E-state index is 0.0365. The Bertz CT molecular complexity index is 1220. The van der Waals surface area contributed by atoms with Gasteiger partial charge in [-0.25, -0.2) is 0 Å². The summed E-state index contributed by atoms with van der Waals surface area (Å²) in [6.07, 6.45) is 7.98. The van der Waals surface area contributed by atoms with E-state index in [1.54, 1.807) is 4.90 Å². The molecule has 7 nitrogen and oxygen atoms in total. The van der Waals surface area contributed by atoms with E-state index in [2.05, 4.69) is 6.07 Å². The van der Waals surface area contributed by atoms with Crippen LogP contribution in [0, 0.1) is 0 Å². The normalized spacial score (nSPS) is 21.9. The van der Waals surface area contributed by atoms with Crippen LogP contribution >= 0.6 is 0 Å². The van der Waals surface area contributed by atoms with Gasteiger partial charge in [0.15, 0.2) is 0 Å². The van der Waals surface area contributed by atoms with Crippen LogP contribution in [-0.2, 0) is 16.1 Å². The molecule has 37 heavy (non-hydrogen) atoms. The van der Waals surface area contributed by atoms with Gasteiger partial charge in [0, 0.05) is 31.9 Å². The van der Waals surface area contributed by atoms with Crippen LogP contribution in [0.25, 0.3) is 10.9 Å². The molecule has 3 heterocycles. The van der Waals surface area contributed by atoms with Crippen molar-refractivity contribution < 1.29 is 19.1 Å². The number of ether oxygens (including phenoxy) is 2. The lowest BCUT2D eigenvalue weighted by atomic mass is 10.1. The average Bonchev–Trinajstić information content (AvgIpc) is 3.51. The molecule has 196 valence electrons. The van der Waals surface area contributed by atoms with E-state index in [0.29, 0.717) is 31.0 Å². The molecule has 0 bridgehead atoms. The van der Waals surface area contributed by atoms with Crippen LogP contribution < -0.4 is 4.74 Å². The smallest absolute Gasteiger partial charge is 0.257 e. The fourth-order valence-electron chi connectivity index (χ4n) is 5.35. The van der Waals surface area contributed by atoms with Gasteiger partial charge in [0.2, 0.25) is 5.91 Å². The van der Waals surface area contributed by atoms with Gasteiger partial charge in [0.25, 0.3) is 5.91 Å². The zero-order valence-electron chi connectivity index (χ0n) is 21.7. The number of fused-ring (bicyclic) bond motifs is 3. The Morgan fingerprint density at radius 2 is 1.62 bits per heavy atom. The molecular weight excluding hydrogens is 466 g/mol. The third-order valence-corrected chi connectivity index (χ3v) is 7.52. The van der Waals surface area contributed by atoms with Crippen molar-refractivity contribution in [2.75, 3.05) is 33.3 Å². The van der Waals surface area contributed by atoms with Crippen LogP contribution in [0.15, 0.2) is 60.8 Å². The molecule has 2 atom stereocenters. The quantitative estimate of drug-likeness (QED) is 0.507. The summed E-state index contributed by atoms with van der Waals surface area (Å²) >= 11 is 0. The molecule has 2 amide bonds. The number of nitrogens with zero attached hydrogens (tertiary/aromatic N) is 3. The first-order valence-electron chi connectivity index (χ1n) is 13.5. The highest BCUT2D eigenvalue weighted by Gasteiger charge is 2.38. The molecule has 2 aromatic carbocycles. The highest BCUT2D eigenvalue weighted by Crippen LogP contribution is 2.26. The van der Waals surface area contributed by atoms with Crippen LogP contribution in [0.1, 0.15) is 48.9 Å². The number of hydrogen-bond acceptors (Lipinski definition) is 4. The lowest BCUT2D eigenvalue weighted by Crippen LogP contribution is -2.34. The summed E-state index contributed by atoms with van der Waals surface area (Å²) in [7, 11) is 1.86. The number of rotatable bonds is 2. The zero-order chi connectivity index (χ0) is 25.6. The molecule has 2 aliphatic heterocycles. The molecule has 0 N–H and O–H groups in total. The van der Waals surface area contributed by atoms with Crippen LogP contribution in [0.5, 0.6) is 5.75 Å². The molecule has 5 rings (SSSR count). The minimum Gasteiger partial charge on any atom is -0.485 e. The molecule has 1 fully saturated rings. The Balaban J connectivity index is 1.34. The first-order valence-corrected chi connectivity index (χ1v) is 13.5. The summed E-state index contributed by atoms with van der Waals surface area (Å²) in [6, 6.07) is 17.5. The summed E-state index contributed by atoms with van der Waals surface area (Å²) in [6.45, 7) is 2.57. The highest BCUT2D eigenvalue weighted by molar-refractivity contribution is 5.96. The third-order valence-electron chi connectivity index (χ3n) is 7.52. The van der Waals surface area contributed by atoms with Gasteiger partial charge in [-0.05, 0) is 42.5 Å². The maximum Gasteiger partial charge on any atom is 0.257 e. The molecule has 1 saturated heterocycles. The molecule has 2 aliphatic rings. The average molecular weight is 504 g/mol. The largest absolute Gasteiger partial charge is 0.485 e. The Morgan fingerprint density at radius 1 is 0.892 bits per heavy atom. The Kier molecular flexibility index (Phi) is 8.09. The SMILES string of the molecule is CN1CCCCCCCCO[C@@H]2CN(C(=O)Cn3ccc4ccccc43)C[C@H]2Oc2ccccc2C1=O. The summed E-state index contributed by atoms with van der Waals surface area (Å²) in [5.74, 6) is 0.553. The predicted octanol–water partition coefficient (Wildman–Crippen LogP) is 4.74. The second kappa shape index (κ2) is 11.8. The predicted molar refractivity (Wildman–Crippen MR) is 144 cm³/mol. The molecule has 7 heteroatoms.